The highest BCUT2D eigenvalue weighted by Crippen LogP contribution is 2.31. The van der Waals surface area contributed by atoms with Crippen molar-refractivity contribution in [3.05, 3.63) is 23.4 Å². The predicted molar refractivity (Wildman–Crippen MR) is 67.6 cm³/mol. The maximum Gasteiger partial charge on any atom is 0.136 e. The number of aromatic amines is 1. The fourth-order valence-electron chi connectivity index (χ4n) is 2.19. The molecule has 17 heavy (non-hydrogen) atoms. The second-order valence-corrected chi connectivity index (χ2v) is 4.69. The summed E-state index contributed by atoms with van der Waals surface area (Å²) in [7, 11) is 0. The van der Waals surface area contributed by atoms with Gasteiger partial charge in [-0.3, -0.25) is 9.89 Å². The highest BCUT2D eigenvalue weighted by molar-refractivity contribution is 6.34. The van der Waals surface area contributed by atoms with Crippen LogP contribution in [-0.4, -0.2) is 29.1 Å². The molecule has 0 radical (unpaired) electrons. The van der Waals surface area contributed by atoms with Gasteiger partial charge in [-0.25, -0.2) is 0 Å². The third-order valence-corrected chi connectivity index (χ3v) is 3.47. The van der Waals surface area contributed by atoms with Crippen molar-refractivity contribution in [3.63, 3.8) is 0 Å². The number of nitrogens with zero attached hydrogens (tertiary/aromatic N) is 2. The molecule has 2 aromatic rings. The summed E-state index contributed by atoms with van der Waals surface area (Å²) in [6.07, 6.45) is 2.97. The molecule has 5 heteroatoms. The monoisotopic (exact) mass is 249 g/mol. The van der Waals surface area contributed by atoms with Crippen LogP contribution in [0.5, 0.6) is 0 Å². The molecule has 0 aliphatic carbocycles. The normalized spacial score (nSPS) is 16.8. The predicted octanol–water partition coefficient (Wildman–Crippen LogP) is 2.39. The van der Waals surface area contributed by atoms with E-state index in [2.05, 4.69) is 15.1 Å². The molecule has 1 saturated heterocycles. The number of carbonyl (C=O) groups excluding carboxylic acids is 1. The van der Waals surface area contributed by atoms with Crippen molar-refractivity contribution in [3.8, 4) is 0 Å². The van der Waals surface area contributed by atoms with Crippen LogP contribution in [0.3, 0.4) is 0 Å². The van der Waals surface area contributed by atoms with Crippen LogP contribution in [0.25, 0.3) is 10.9 Å². The number of rotatable bonds is 1. The first-order valence-corrected chi connectivity index (χ1v) is 6.01. The Morgan fingerprint density at radius 3 is 2.82 bits per heavy atom. The summed E-state index contributed by atoms with van der Waals surface area (Å²) >= 11 is 6.26. The fraction of sp³-hybridized carbons (Fsp3) is 0.333. The number of carbonyl (C=O) groups is 1. The van der Waals surface area contributed by atoms with Gasteiger partial charge in [0.05, 0.1) is 22.4 Å². The zero-order chi connectivity index (χ0) is 11.8. The number of Topliss-reactive ketones (excluding diaryl/α,β-unsaturated/α-hetero) is 1. The second kappa shape index (κ2) is 4.04. The Balaban J connectivity index is 1.98. The van der Waals surface area contributed by atoms with Crippen molar-refractivity contribution in [2.75, 3.05) is 18.0 Å². The van der Waals surface area contributed by atoms with Gasteiger partial charge in [-0.1, -0.05) is 11.6 Å². The number of anilines is 1. The third-order valence-electron chi connectivity index (χ3n) is 3.17. The molecule has 0 unspecified atom stereocenters. The molecule has 4 nitrogen and oxygen atoms in total. The third kappa shape index (κ3) is 1.89. The van der Waals surface area contributed by atoms with Crippen LogP contribution in [0.1, 0.15) is 12.8 Å². The minimum absolute atomic E-state index is 0.333. The number of nitrogens with one attached hydrogen (secondary N) is 1. The van der Waals surface area contributed by atoms with Gasteiger partial charge in [0.25, 0.3) is 0 Å². The maximum absolute atomic E-state index is 11.2. The van der Waals surface area contributed by atoms with Crippen molar-refractivity contribution in [2.24, 2.45) is 0 Å². The van der Waals surface area contributed by atoms with E-state index in [1.807, 2.05) is 12.1 Å². The zero-order valence-corrected chi connectivity index (χ0v) is 10.00. The lowest BCUT2D eigenvalue weighted by Crippen LogP contribution is -2.33. The summed E-state index contributed by atoms with van der Waals surface area (Å²) in [4.78, 5) is 13.4. The molecule has 0 atom stereocenters. The molecule has 1 fully saturated rings. The number of halogens is 1. The Labute approximate surface area is 104 Å². The molecule has 1 N–H and O–H groups in total. The van der Waals surface area contributed by atoms with Gasteiger partial charge in [0.2, 0.25) is 0 Å². The van der Waals surface area contributed by atoms with E-state index < -0.39 is 0 Å². The van der Waals surface area contributed by atoms with E-state index in [0.29, 0.717) is 23.6 Å². The molecule has 0 saturated carbocycles. The molecule has 1 aromatic carbocycles. The lowest BCUT2D eigenvalue weighted by Gasteiger charge is -2.28. The van der Waals surface area contributed by atoms with Gasteiger partial charge in [0.1, 0.15) is 5.78 Å². The van der Waals surface area contributed by atoms with Gasteiger partial charge in [-0.15, -0.1) is 0 Å². The van der Waals surface area contributed by atoms with Gasteiger partial charge in [0, 0.05) is 31.3 Å². The maximum atomic E-state index is 11.2. The Morgan fingerprint density at radius 1 is 1.29 bits per heavy atom. The van der Waals surface area contributed by atoms with Gasteiger partial charge in [-0.2, -0.15) is 5.10 Å². The average molecular weight is 250 g/mol. The Kier molecular flexibility index (Phi) is 2.52. The lowest BCUT2D eigenvalue weighted by molar-refractivity contribution is -0.119. The van der Waals surface area contributed by atoms with Gasteiger partial charge >= 0.3 is 0 Å². The molecule has 88 valence electrons. The quantitative estimate of drug-likeness (QED) is 0.844. The van der Waals surface area contributed by atoms with Gasteiger partial charge in [-0.05, 0) is 12.1 Å². The largest absolute Gasteiger partial charge is 0.369 e. The molecular weight excluding hydrogens is 238 g/mol. The minimum atomic E-state index is 0.333. The summed E-state index contributed by atoms with van der Waals surface area (Å²) in [5.74, 6) is 0.333. The van der Waals surface area contributed by atoms with E-state index in [-0.39, 0.29) is 0 Å². The number of benzene rings is 1. The molecule has 1 aliphatic rings. The highest BCUT2D eigenvalue weighted by Gasteiger charge is 2.19. The number of ketones is 1. The smallest absolute Gasteiger partial charge is 0.136 e. The number of hydrogen-bond donors (Lipinski definition) is 1. The molecule has 0 amide bonds. The number of hydrogen-bond acceptors (Lipinski definition) is 3. The fourth-order valence-corrected chi connectivity index (χ4v) is 2.48. The summed E-state index contributed by atoms with van der Waals surface area (Å²) < 4.78 is 0. The zero-order valence-electron chi connectivity index (χ0n) is 9.24. The molecular formula is C12H12ClN3O. The van der Waals surface area contributed by atoms with Gasteiger partial charge < -0.3 is 4.90 Å². The van der Waals surface area contributed by atoms with E-state index in [1.54, 1.807) is 6.20 Å². The Morgan fingerprint density at radius 2 is 2.06 bits per heavy atom. The Bertz CT molecular complexity index is 568. The second-order valence-electron chi connectivity index (χ2n) is 4.29. The van der Waals surface area contributed by atoms with Crippen molar-refractivity contribution in [1.29, 1.82) is 0 Å². The van der Waals surface area contributed by atoms with Crippen LogP contribution >= 0.6 is 11.6 Å². The van der Waals surface area contributed by atoms with Gasteiger partial charge in [0.15, 0.2) is 0 Å². The first-order valence-electron chi connectivity index (χ1n) is 5.63. The molecule has 1 aromatic heterocycles. The Hall–Kier alpha value is -1.55. The first kappa shape index (κ1) is 10.6. The van der Waals surface area contributed by atoms with Crippen molar-refractivity contribution in [1.82, 2.24) is 10.2 Å². The van der Waals surface area contributed by atoms with E-state index in [9.17, 15) is 4.79 Å². The van der Waals surface area contributed by atoms with Crippen LogP contribution in [0.2, 0.25) is 5.02 Å². The SMILES string of the molecule is O=C1CCN(c2cc3[nH]ncc3cc2Cl)CC1. The van der Waals surface area contributed by atoms with Crippen LogP contribution in [-0.2, 0) is 4.79 Å². The standard InChI is InChI=1S/C12H12ClN3O/c13-10-5-8-7-14-15-11(8)6-12(10)16-3-1-9(17)2-4-16/h5-7H,1-4H2,(H,14,15). The number of aromatic nitrogens is 2. The van der Waals surface area contributed by atoms with Crippen LogP contribution in [0.15, 0.2) is 18.3 Å². The highest BCUT2D eigenvalue weighted by atomic mass is 35.5. The van der Waals surface area contributed by atoms with Crippen molar-refractivity contribution in [2.45, 2.75) is 12.8 Å². The van der Waals surface area contributed by atoms with Crippen molar-refractivity contribution < 1.29 is 4.79 Å². The van der Waals surface area contributed by atoms with E-state index in [0.717, 1.165) is 29.7 Å². The molecule has 3 rings (SSSR count). The molecule has 2 heterocycles. The molecule has 0 bridgehead atoms. The number of H-pyrrole nitrogens is 1. The lowest BCUT2D eigenvalue weighted by atomic mass is 10.1. The van der Waals surface area contributed by atoms with Crippen LogP contribution in [0, 0.1) is 0 Å². The van der Waals surface area contributed by atoms with Crippen LogP contribution in [0.4, 0.5) is 5.69 Å². The molecule has 1 aliphatic heterocycles. The summed E-state index contributed by atoms with van der Waals surface area (Å²) in [6, 6.07) is 3.91. The first-order chi connectivity index (χ1) is 8.24. The molecule has 0 spiro atoms. The van der Waals surface area contributed by atoms with E-state index >= 15 is 0 Å². The summed E-state index contributed by atoms with van der Waals surface area (Å²) in [6.45, 7) is 1.50. The topological polar surface area (TPSA) is 49.0 Å². The average Bonchev–Trinajstić information content (AvgIpc) is 2.76. The van der Waals surface area contributed by atoms with Crippen molar-refractivity contribution >= 4 is 34.0 Å². The van der Waals surface area contributed by atoms with E-state index in [4.69, 9.17) is 11.6 Å². The minimum Gasteiger partial charge on any atom is -0.369 e. The number of fused-ring (bicyclic) bond motifs is 1. The number of piperidine rings is 1. The summed E-state index contributed by atoms with van der Waals surface area (Å²) in [5.41, 5.74) is 1.96. The van der Waals surface area contributed by atoms with Crippen LogP contribution < -0.4 is 4.90 Å². The van der Waals surface area contributed by atoms with E-state index in [1.165, 1.54) is 0 Å². The summed E-state index contributed by atoms with van der Waals surface area (Å²) in [5, 5.41) is 8.64.